The van der Waals surface area contributed by atoms with E-state index in [4.69, 9.17) is 17.0 Å². The van der Waals surface area contributed by atoms with Gasteiger partial charge in [0, 0.05) is 0 Å². The van der Waals surface area contributed by atoms with E-state index in [1.54, 1.807) is 0 Å². The van der Waals surface area contributed by atoms with Crippen LogP contribution in [0.15, 0.2) is 194 Å². The van der Waals surface area contributed by atoms with Crippen LogP contribution in [0.1, 0.15) is 70.9 Å². The fourth-order valence-corrected chi connectivity index (χ4v) is 11.6. The minimum absolute atomic E-state index is 0.280. The first-order chi connectivity index (χ1) is 25.7. The third kappa shape index (κ3) is 8.73. The summed E-state index contributed by atoms with van der Waals surface area (Å²) in [5, 5.41) is 5.32. The fourth-order valence-electron chi connectivity index (χ4n) is 7.53. The molecule has 1 aliphatic rings. The fraction of sp³-hybridized carbons (Fsp3) is 0.122. The van der Waals surface area contributed by atoms with Gasteiger partial charge in [0.05, 0.1) is 0 Å². The predicted molar refractivity (Wildman–Crippen MR) is 222 cm³/mol. The molecule has 8 aromatic carbocycles. The van der Waals surface area contributed by atoms with Crippen molar-refractivity contribution >= 4 is 41.8 Å². The second-order valence-electron chi connectivity index (χ2n) is 13.3. The standard InChI is InChI=1S/2C22H17.C5H8.2ClH.Zr/c2*1-3-10-18(11-4-1)22(19-12-5-2-6-13-19)21-16-15-17-9-7-8-14-20(17)21;1-2-4-5-3-1;;;/h2*1-16,22H;1-4H2;2*1H;/q2*-1;;;;+2/p-2. The molecule has 9 rings (SSSR count). The van der Waals surface area contributed by atoms with Gasteiger partial charge in [-0.3, -0.25) is 0 Å². The molecule has 0 heterocycles. The van der Waals surface area contributed by atoms with Crippen molar-refractivity contribution in [2.75, 3.05) is 0 Å². The van der Waals surface area contributed by atoms with Gasteiger partial charge < -0.3 is 0 Å². The molecule has 0 unspecified atom stereocenters. The SMILES string of the molecule is [Cl][Zr]([Cl])=[C]1CCCC1.c1ccc(C(c2ccccc2)c2c[cH-]c3ccccc23)cc1.c1ccc(C(c2ccccc2)c2c[cH-]c3ccccc23)cc1. The van der Waals surface area contributed by atoms with Gasteiger partial charge in [0.1, 0.15) is 0 Å². The summed E-state index contributed by atoms with van der Waals surface area (Å²) in [5.41, 5.74) is 8.12. The summed E-state index contributed by atoms with van der Waals surface area (Å²) in [6.45, 7) is 0. The molecule has 0 saturated heterocycles. The number of rotatable bonds is 6. The summed E-state index contributed by atoms with van der Waals surface area (Å²) in [6, 6.07) is 69.3. The van der Waals surface area contributed by atoms with E-state index in [9.17, 15) is 0 Å². The van der Waals surface area contributed by atoms with Crippen LogP contribution in [-0.2, 0) is 18.9 Å². The maximum Gasteiger partial charge on any atom is -0.00686 e. The minimum atomic E-state index is -1.85. The van der Waals surface area contributed by atoms with E-state index in [2.05, 4.69) is 194 Å². The van der Waals surface area contributed by atoms with Crippen LogP contribution in [-0.4, -0.2) is 3.21 Å². The molecule has 3 heteroatoms. The van der Waals surface area contributed by atoms with Gasteiger partial charge in [-0.05, 0) is 34.1 Å². The molecule has 1 saturated carbocycles. The van der Waals surface area contributed by atoms with Crippen LogP contribution in [0.4, 0.5) is 0 Å². The molecule has 0 bridgehead atoms. The Bertz CT molecular complexity index is 2080. The summed E-state index contributed by atoms with van der Waals surface area (Å²) in [5.74, 6) is 0.560. The Labute approximate surface area is 323 Å². The van der Waals surface area contributed by atoms with Gasteiger partial charge >= 0.3 is 64.8 Å². The van der Waals surface area contributed by atoms with Crippen molar-refractivity contribution < 1.29 is 18.9 Å². The molecule has 0 amide bonds. The van der Waals surface area contributed by atoms with Gasteiger partial charge in [0.2, 0.25) is 0 Å². The van der Waals surface area contributed by atoms with E-state index in [0.29, 0.717) is 0 Å². The van der Waals surface area contributed by atoms with Crippen molar-refractivity contribution in [3.63, 3.8) is 0 Å². The number of fused-ring (bicyclic) bond motifs is 2. The molecule has 1 fully saturated rings. The van der Waals surface area contributed by atoms with Crippen molar-refractivity contribution in [3.05, 3.63) is 228 Å². The van der Waals surface area contributed by atoms with E-state index >= 15 is 0 Å². The molecule has 0 radical (unpaired) electrons. The molecule has 0 N–H and O–H groups in total. The van der Waals surface area contributed by atoms with Crippen LogP contribution in [0.25, 0.3) is 21.5 Å². The maximum absolute atomic E-state index is 5.81. The van der Waals surface area contributed by atoms with Crippen LogP contribution < -0.4 is 0 Å². The first kappa shape index (κ1) is 36.2. The van der Waals surface area contributed by atoms with E-state index in [1.807, 2.05) is 0 Å². The van der Waals surface area contributed by atoms with E-state index in [0.717, 1.165) is 0 Å². The molecule has 258 valence electrons. The van der Waals surface area contributed by atoms with Crippen molar-refractivity contribution in [1.29, 1.82) is 0 Å². The third-order valence-electron chi connectivity index (χ3n) is 10.1. The van der Waals surface area contributed by atoms with Gasteiger partial charge in [-0.25, -0.2) is 0 Å². The van der Waals surface area contributed by atoms with E-state index in [1.165, 1.54) is 83.8 Å². The Morgan fingerprint density at radius 1 is 0.404 bits per heavy atom. The second-order valence-corrected chi connectivity index (χ2v) is 22.0. The van der Waals surface area contributed by atoms with Crippen LogP contribution >= 0.6 is 17.0 Å². The summed E-state index contributed by atoms with van der Waals surface area (Å²) >= 11 is -1.85. The van der Waals surface area contributed by atoms with Crippen molar-refractivity contribution in [2.45, 2.75) is 37.5 Å². The van der Waals surface area contributed by atoms with Crippen molar-refractivity contribution in [1.82, 2.24) is 0 Å². The zero-order valence-electron chi connectivity index (χ0n) is 29.2. The predicted octanol–water partition coefficient (Wildman–Crippen LogP) is 14.1. The number of halogens is 2. The van der Waals surface area contributed by atoms with Gasteiger partial charge in [0.15, 0.2) is 0 Å². The molecule has 0 nitrogen and oxygen atoms in total. The normalized spacial score (nSPS) is 12.4. The van der Waals surface area contributed by atoms with Crippen LogP contribution in [0.3, 0.4) is 0 Å². The average Bonchev–Trinajstić information content (AvgIpc) is 4.00. The van der Waals surface area contributed by atoms with Crippen molar-refractivity contribution in [2.24, 2.45) is 0 Å². The molecule has 52 heavy (non-hydrogen) atoms. The second kappa shape index (κ2) is 18.1. The van der Waals surface area contributed by atoms with Gasteiger partial charge in [0.25, 0.3) is 0 Å². The molecule has 0 spiro atoms. The molecule has 1 aliphatic carbocycles. The molecule has 0 aromatic heterocycles. The summed E-state index contributed by atoms with van der Waals surface area (Å²) < 4.78 is 1.52. The maximum atomic E-state index is 5.81. The Balaban J connectivity index is 0.000000134. The van der Waals surface area contributed by atoms with Crippen molar-refractivity contribution in [3.8, 4) is 0 Å². The van der Waals surface area contributed by atoms with E-state index < -0.39 is 18.9 Å². The van der Waals surface area contributed by atoms with Gasteiger partial charge in [-0.2, -0.15) is 0 Å². The van der Waals surface area contributed by atoms with Gasteiger partial charge in [-0.15, -0.1) is 93.3 Å². The average molecular weight is 793 g/mol. The Morgan fingerprint density at radius 2 is 0.712 bits per heavy atom. The zero-order chi connectivity index (χ0) is 35.5. The molecular weight excluding hydrogens is 751 g/mol. The summed E-state index contributed by atoms with van der Waals surface area (Å²) in [7, 11) is 11.6. The molecule has 8 aromatic rings. The van der Waals surface area contributed by atoms with Crippen LogP contribution in [0.5, 0.6) is 0 Å². The van der Waals surface area contributed by atoms with Crippen LogP contribution in [0.2, 0.25) is 0 Å². The van der Waals surface area contributed by atoms with Gasteiger partial charge in [-0.1, -0.05) is 133 Å². The zero-order valence-corrected chi connectivity index (χ0v) is 33.2. The minimum Gasteiger partial charge on any atom is -0.150 e. The largest absolute Gasteiger partial charge is 0.150 e. The third-order valence-corrected chi connectivity index (χ3v) is 15.8. The number of hydrogen-bond acceptors (Lipinski definition) is 0. The number of benzene rings is 6. The number of hydrogen-bond donors (Lipinski definition) is 0. The Morgan fingerprint density at radius 3 is 1.02 bits per heavy atom. The molecule has 0 aliphatic heterocycles. The first-order valence-corrected chi connectivity index (χ1v) is 25.7. The van der Waals surface area contributed by atoms with Crippen LogP contribution in [0, 0.1) is 0 Å². The quantitative estimate of drug-likeness (QED) is 0.147. The molecular formula is C49H42Cl2Zr-2. The summed E-state index contributed by atoms with van der Waals surface area (Å²) in [4.78, 5) is 0. The topological polar surface area (TPSA) is 0 Å². The monoisotopic (exact) mass is 790 g/mol. The first-order valence-electron chi connectivity index (χ1n) is 18.2. The summed E-state index contributed by atoms with van der Waals surface area (Å²) in [6.07, 6.45) is 5.14. The smallest absolute Gasteiger partial charge is 0.00686 e. The van der Waals surface area contributed by atoms with E-state index in [-0.39, 0.29) is 11.8 Å². The Hall–Kier alpha value is -4.13. The molecule has 0 atom stereocenters. The Kier molecular flexibility index (Phi) is 12.6.